The van der Waals surface area contributed by atoms with Gasteiger partial charge in [-0.05, 0) is 18.1 Å². The van der Waals surface area contributed by atoms with Gasteiger partial charge < -0.3 is 11.1 Å². The van der Waals surface area contributed by atoms with Crippen LogP contribution in [0.25, 0.3) is 0 Å². The van der Waals surface area contributed by atoms with Crippen LogP contribution in [0.3, 0.4) is 0 Å². The first-order valence-electron chi connectivity index (χ1n) is 7.36. The molecular formula is C18H22N2. The van der Waals surface area contributed by atoms with Crippen molar-refractivity contribution in [2.75, 3.05) is 6.54 Å². The van der Waals surface area contributed by atoms with E-state index in [9.17, 15) is 0 Å². The van der Waals surface area contributed by atoms with Gasteiger partial charge in [0.25, 0.3) is 0 Å². The Morgan fingerprint density at radius 1 is 0.950 bits per heavy atom. The Morgan fingerprint density at radius 3 is 1.80 bits per heavy atom. The second-order valence-electron chi connectivity index (χ2n) is 5.74. The molecule has 2 aromatic carbocycles. The molecule has 1 aliphatic heterocycles. The first kappa shape index (κ1) is 13.3. The summed E-state index contributed by atoms with van der Waals surface area (Å²) < 4.78 is 0. The number of nitrogens with two attached hydrogens (primary N) is 1. The van der Waals surface area contributed by atoms with E-state index in [0.29, 0.717) is 12.0 Å². The number of hydrogen-bond donors (Lipinski definition) is 2. The Kier molecular flexibility index (Phi) is 3.86. The molecule has 0 saturated carbocycles. The van der Waals surface area contributed by atoms with Crippen molar-refractivity contribution in [3.05, 3.63) is 71.8 Å². The highest BCUT2D eigenvalue weighted by Gasteiger charge is 2.36. The largest absolute Gasteiger partial charge is 0.326 e. The number of hydrogen-bond acceptors (Lipinski definition) is 2. The van der Waals surface area contributed by atoms with Crippen LogP contribution < -0.4 is 11.1 Å². The van der Waals surface area contributed by atoms with Crippen molar-refractivity contribution >= 4 is 0 Å². The SMILES string of the molecule is CC1NCC1C(N)C(c1ccccc1)c1ccccc1. The standard InChI is InChI=1S/C18H22N2/c1-13-16(12-20-13)18(19)17(14-8-4-2-5-9-14)15-10-6-3-7-11-15/h2-11,13,16-18,20H,12,19H2,1H3. The van der Waals surface area contributed by atoms with Crippen molar-refractivity contribution in [1.29, 1.82) is 0 Å². The average Bonchev–Trinajstić information content (AvgIpc) is 2.48. The summed E-state index contributed by atoms with van der Waals surface area (Å²) >= 11 is 0. The monoisotopic (exact) mass is 266 g/mol. The summed E-state index contributed by atoms with van der Waals surface area (Å²) in [7, 11) is 0. The van der Waals surface area contributed by atoms with Gasteiger partial charge in [-0.2, -0.15) is 0 Å². The molecule has 1 saturated heterocycles. The minimum Gasteiger partial charge on any atom is -0.326 e. The van der Waals surface area contributed by atoms with Crippen molar-refractivity contribution in [3.8, 4) is 0 Å². The Morgan fingerprint density at radius 2 is 1.45 bits per heavy atom. The van der Waals surface area contributed by atoms with E-state index >= 15 is 0 Å². The lowest BCUT2D eigenvalue weighted by atomic mass is 9.74. The molecule has 1 fully saturated rings. The molecule has 2 aromatic rings. The summed E-state index contributed by atoms with van der Waals surface area (Å²) in [5, 5.41) is 3.42. The molecule has 0 bridgehead atoms. The van der Waals surface area contributed by atoms with E-state index in [1.807, 2.05) is 0 Å². The molecule has 3 unspecified atom stereocenters. The highest BCUT2D eigenvalue weighted by molar-refractivity contribution is 5.35. The maximum Gasteiger partial charge on any atom is 0.0245 e. The second-order valence-corrected chi connectivity index (χ2v) is 5.74. The predicted octanol–water partition coefficient (Wildman–Crippen LogP) is 2.75. The minimum absolute atomic E-state index is 0.149. The van der Waals surface area contributed by atoms with Gasteiger partial charge in [-0.3, -0.25) is 0 Å². The molecule has 3 atom stereocenters. The van der Waals surface area contributed by atoms with Crippen LogP contribution in [0, 0.1) is 5.92 Å². The van der Waals surface area contributed by atoms with Gasteiger partial charge in [0, 0.05) is 30.5 Å². The number of rotatable bonds is 4. The van der Waals surface area contributed by atoms with E-state index in [1.165, 1.54) is 11.1 Å². The van der Waals surface area contributed by atoms with Crippen molar-refractivity contribution < 1.29 is 0 Å². The second kappa shape index (κ2) is 5.78. The molecular weight excluding hydrogens is 244 g/mol. The molecule has 1 aliphatic rings. The molecule has 0 spiro atoms. The molecule has 3 rings (SSSR count). The van der Waals surface area contributed by atoms with Crippen LogP contribution in [0.15, 0.2) is 60.7 Å². The average molecular weight is 266 g/mol. The first-order chi connectivity index (χ1) is 9.77. The maximum atomic E-state index is 6.64. The first-order valence-corrected chi connectivity index (χ1v) is 7.36. The number of benzene rings is 2. The van der Waals surface area contributed by atoms with E-state index in [-0.39, 0.29) is 12.0 Å². The lowest BCUT2D eigenvalue weighted by Gasteiger charge is -2.43. The topological polar surface area (TPSA) is 38.0 Å². The molecule has 20 heavy (non-hydrogen) atoms. The van der Waals surface area contributed by atoms with Crippen LogP contribution in [0.1, 0.15) is 24.0 Å². The van der Waals surface area contributed by atoms with E-state index in [1.54, 1.807) is 0 Å². The minimum atomic E-state index is 0.149. The summed E-state index contributed by atoms with van der Waals surface area (Å²) in [5.74, 6) is 0.812. The van der Waals surface area contributed by atoms with Crippen molar-refractivity contribution in [1.82, 2.24) is 5.32 Å². The van der Waals surface area contributed by atoms with Crippen LogP contribution in [0.5, 0.6) is 0 Å². The quantitative estimate of drug-likeness (QED) is 0.893. The van der Waals surface area contributed by atoms with E-state index in [2.05, 4.69) is 72.9 Å². The zero-order chi connectivity index (χ0) is 13.9. The fourth-order valence-electron chi connectivity index (χ4n) is 3.16. The zero-order valence-corrected chi connectivity index (χ0v) is 11.9. The van der Waals surface area contributed by atoms with Crippen molar-refractivity contribution in [2.45, 2.75) is 24.9 Å². The van der Waals surface area contributed by atoms with Crippen LogP contribution in [0.4, 0.5) is 0 Å². The smallest absolute Gasteiger partial charge is 0.0245 e. The van der Waals surface area contributed by atoms with E-state index in [0.717, 1.165) is 6.54 Å². The highest BCUT2D eigenvalue weighted by atomic mass is 15.0. The molecule has 0 radical (unpaired) electrons. The molecule has 0 amide bonds. The van der Waals surface area contributed by atoms with Gasteiger partial charge in [-0.25, -0.2) is 0 Å². The van der Waals surface area contributed by atoms with Crippen LogP contribution in [-0.4, -0.2) is 18.6 Å². The molecule has 104 valence electrons. The summed E-state index contributed by atoms with van der Waals surface area (Å²) in [6.45, 7) is 3.25. The van der Waals surface area contributed by atoms with Crippen molar-refractivity contribution in [2.24, 2.45) is 11.7 Å². The molecule has 0 aliphatic carbocycles. The molecule has 2 heteroatoms. The molecule has 3 N–H and O–H groups in total. The van der Waals surface area contributed by atoms with Gasteiger partial charge in [-0.1, -0.05) is 60.7 Å². The fraction of sp³-hybridized carbons (Fsp3) is 0.333. The van der Waals surface area contributed by atoms with E-state index < -0.39 is 0 Å². The van der Waals surface area contributed by atoms with Crippen LogP contribution >= 0.6 is 0 Å². The lowest BCUT2D eigenvalue weighted by Crippen LogP contribution is -2.59. The molecule has 0 aromatic heterocycles. The Balaban J connectivity index is 1.96. The van der Waals surface area contributed by atoms with Gasteiger partial charge >= 0.3 is 0 Å². The van der Waals surface area contributed by atoms with Gasteiger partial charge in [0.05, 0.1) is 0 Å². The normalized spacial score (nSPS) is 23.4. The van der Waals surface area contributed by atoms with Crippen LogP contribution in [0.2, 0.25) is 0 Å². The third kappa shape index (κ3) is 2.49. The van der Waals surface area contributed by atoms with Crippen molar-refractivity contribution in [3.63, 3.8) is 0 Å². The molecule has 1 heterocycles. The van der Waals surface area contributed by atoms with Gasteiger partial charge in [0.15, 0.2) is 0 Å². The van der Waals surface area contributed by atoms with Crippen LogP contribution in [-0.2, 0) is 0 Å². The van der Waals surface area contributed by atoms with Gasteiger partial charge in [0.1, 0.15) is 0 Å². The maximum absolute atomic E-state index is 6.64. The molecule has 2 nitrogen and oxygen atoms in total. The van der Waals surface area contributed by atoms with E-state index in [4.69, 9.17) is 5.73 Å². The Labute approximate surface area is 121 Å². The fourth-order valence-corrected chi connectivity index (χ4v) is 3.16. The zero-order valence-electron chi connectivity index (χ0n) is 11.9. The summed E-state index contributed by atoms with van der Waals surface area (Å²) in [6.07, 6.45) is 0. The Hall–Kier alpha value is -1.64. The summed E-state index contributed by atoms with van der Waals surface area (Å²) in [4.78, 5) is 0. The summed E-state index contributed by atoms with van der Waals surface area (Å²) in [6, 6.07) is 21.9. The van der Waals surface area contributed by atoms with Gasteiger partial charge in [-0.15, -0.1) is 0 Å². The predicted molar refractivity (Wildman–Crippen MR) is 83.7 cm³/mol. The number of nitrogens with one attached hydrogen (secondary N) is 1. The van der Waals surface area contributed by atoms with Gasteiger partial charge in [0.2, 0.25) is 0 Å². The third-order valence-corrected chi connectivity index (χ3v) is 4.51. The lowest BCUT2D eigenvalue weighted by molar-refractivity contribution is 0.199. The Bertz CT molecular complexity index is 498. The highest BCUT2D eigenvalue weighted by Crippen LogP contribution is 2.33. The summed E-state index contributed by atoms with van der Waals surface area (Å²) in [5.41, 5.74) is 9.26. The third-order valence-electron chi connectivity index (χ3n) is 4.51.